The van der Waals surface area contributed by atoms with Gasteiger partial charge in [-0.05, 0) is 50.5 Å². The molecule has 19 nitrogen and oxygen atoms in total. The number of nitrogens with one attached hydrogen (secondary N) is 2. The molecule has 0 radical (unpaired) electrons. The fourth-order valence-corrected chi connectivity index (χ4v) is 6.52. The average Bonchev–Trinajstić information content (AvgIpc) is 3.60. The Morgan fingerprint density at radius 2 is 1.47 bits per heavy atom. The maximum atomic E-state index is 14.0. The quantitative estimate of drug-likeness (QED) is 0.144. The van der Waals surface area contributed by atoms with Crippen LogP contribution in [0.25, 0.3) is 0 Å². The van der Waals surface area contributed by atoms with Crippen LogP contribution in [0.4, 0.5) is 20.4 Å². The van der Waals surface area contributed by atoms with E-state index in [2.05, 4.69) is 15.6 Å². The van der Waals surface area contributed by atoms with E-state index in [0.29, 0.717) is 22.5 Å². The fraction of sp³-hybridized carbons (Fsp3) is 0.450. The van der Waals surface area contributed by atoms with Crippen LogP contribution in [0.3, 0.4) is 0 Å². The summed E-state index contributed by atoms with van der Waals surface area (Å²) < 4.78 is 37.5. The number of methoxy groups -OCH3 is 1. The molecule has 3 N–H and O–H groups in total. The second-order valence-electron chi connectivity index (χ2n) is 14.4. The number of carbonyl (C=O) groups excluding carboxylic acids is 7. The molecule has 60 heavy (non-hydrogen) atoms. The summed E-state index contributed by atoms with van der Waals surface area (Å²) in [6.45, 7) is 7.95. The van der Waals surface area contributed by atoms with E-state index in [9.17, 15) is 38.7 Å². The first-order chi connectivity index (χ1) is 28.3. The van der Waals surface area contributed by atoms with Gasteiger partial charge in [0.1, 0.15) is 5.60 Å². The van der Waals surface area contributed by atoms with E-state index >= 15 is 0 Å². The van der Waals surface area contributed by atoms with Crippen LogP contribution in [0.1, 0.15) is 64.5 Å². The number of thiazole rings is 1. The first-order valence-electron chi connectivity index (χ1n) is 18.6. The molecule has 1 aromatic heterocycles. The number of hydrogen-bond acceptors (Lipinski definition) is 17. The minimum Gasteiger partial charge on any atom is -0.467 e. The zero-order valence-electron chi connectivity index (χ0n) is 34.0. The topological polar surface area (TPSA) is 245 Å². The lowest BCUT2D eigenvalue weighted by Crippen LogP contribution is -2.64. The highest BCUT2D eigenvalue weighted by molar-refractivity contribution is 7.13. The van der Waals surface area contributed by atoms with Crippen molar-refractivity contribution in [3.05, 3.63) is 76.8 Å². The highest BCUT2D eigenvalue weighted by Gasteiger charge is 2.56. The molecule has 2 aromatic carbocycles. The number of benzene rings is 2. The molecule has 20 heteroatoms. The minimum atomic E-state index is -1.90. The summed E-state index contributed by atoms with van der Waals surface area (Å²) in [6, 6.07) is 15.3. The molecule has 324 valence electrons. The van der Waals surface area contributed by atoms with Crippen molar-refractivity contribution in [2.24, 2.45) is 0 Å². The normalized spacial score (nSPS) is 19.1. The van der Waals surface area contributed by atoms with Gasteiger partial charge in [-0.2, -0.15) is 0 Å². The van der Waals surface area contributed by atoms with Crippen molar-refractivity contribution in [2.45, 2.75) is 96.8 Å². The molecule has 1 aliphatic heterocycles. The van der Waals surface area contributed by atoms with Gasteiger partial charge in [0.25, 0.3) is 0 Å². The standard InChI is InChI=1S/C40H48N4O15S/c1-22(45)54-31-32(55-23(2)46)34(56-24(3)47)36(57-33(31)35(50)53-7)58-39(52)44(20-29(48)26-11-9-8-10-12-26)18-17-25-13-15-27(16-14-25)41-30(49)19-28-21-60-37(42-28)43-38(51)59-40(4,5)6/h8-16,21,29,31-34,36,48H,17-20H2,1-7H3,(H,41,49)(H,42,43,51)/t29-,31-,32-,33-,34+,36-/m1/s1. The summed E-state index contributed by atoms with van der Waals surface area (Å²) in [5.74, 6) is -4.17. The molecule has 6 atom stereocenters. The third-order valence-electron chi connectivity index (χ3n) is 8.30. The van der Waals surface area contributed by atoms with E-state index in [-0.39, 0.29) is 37.0 Å². The largest absolute Gasteiger partial charge is 0.467 e. The van der Waals surface area contributed by atoms with Gasteiger partial charge in [0.05, 0.1) is 31.9 Å². The Morgan fingerprint density at radius 1 is 0.850 bits per heavy atom. The van der Waals surface area contributed by atoms with Gasteiger partial charge in [0.2, 0.25) is 18.3 Å². The molecule has 1 fully saturated rings. The number of aromatic nitrogens is 1. The third kappa shape index (κ3) is 14.3. The van der Waals surface area contributed by atoms with Crippen molar-refractivity contribution >= 4 is 64.1 Å². The van der Waals surface area contributed by atoms with Crippen molar-refractivity contribution in [1.82, 2.24) is 9.88 Å². The van der Waals surface area contributed by atoms with Crippen LogP contribution in [0.15, 0.2) is 60.0 Å². The van der Waals surface area contributed by atoms with Crippen LogP contribution in [0, 0.1) is 0 Å². The first kappa shape index (κ1) is 46.6. The highest BCUT2D eigenvalue weighted by atomic mass is 32.1. The van der Waals surface area contributed by atoms with Crippen LogP contribution in [0.2, 0.25) is 0 Å². The number of rotatable bonds is 15. The molecule has 0 unspecified atom stereocenters. The number of aliphatic hydroxyl groups excluding tert-OH is 1. The molecular weight excluding hydrogens is 809 g/mol. The number of esters is 4. The van der Waals surface area contributed by atoms with Crippen molar-refractivity contribution in [3.8, 4) is 0 Å². The van der Waals surface area contributed by atoms with Gasteiger partial charge in [0.15, 0.2) is 23.4 Å². The number of aliphatic hydroxyl groups is 1. The molecule has 1 saturated heterocycles. The number of nitrogens with zero attached hydrogens (tertiary/aromatic N) is 2. The Kier molecular flexibility index (Phi) is 16.5. The van der Waals surface area contributed by atoms with Gasteiger partial charge in [-0.25, -0.2) is 19.4 Å². The van der Waals surface area contributed by atoms with E-state index in [4.69, 9.17) is 33.2 Å². The number of carbonyl (C=O) groups is 7. The van der Waals surface area contributed by atoms with E-state index < -0.39 is 78.5 Å². The lowest BCUT2D eigenvalue weighted by atomic mass is 9.97. The third-order valence-corrected chi connectivity index (χ3v) is 9.10. The van der Waals surface area contributed by atoms with Gasteiger partial charge < -0.3 is 48.5 Å². The summed E-state index contributed by atoms with van der Waals surface area (Å²) >= 11 is 1.15. The predicted octanol–water partition coefficient (Wildman–Crippen LogP) is 4.08. The van der Waals surface area contributed by atoms with E-state index in [1.54, 1.807) is 80.7 Å². The van der Waals surface area contributed by atoms with Crippen molar-refractivity contribution in [3.63, 3.8) is 0 Å². The Labute approximate surface area is 349 Å². The summed E-state index contributed by atoms with van der Waals surface area (Å²) in [6.07, 6.45) is -11.6. The van der Waals surface area contributed by atoms with Crippen LogP contribution < -0.4 is 10.6 Å². The van der Waals surface area contributed by atoms with Gasteiger partial charge in [-0.1, -0.05) is 42.5 Å². The molecule has 3 amide bonds. The molecule has 0 saturated carbocycles. The van der Waals surface area contributed by atoms with Gasteiger partial charge >= 0.3 is 36.1 Å². The van der Waals surface area contributed by atoms with E-state index in [1.807, 2.05) is 0 Å². The Balaban J connectivity index is 1.49. The summed E-state index contributed by atoms with van der Waals surface area (Å²) in [5, 5.41) is 18.4. The molecule has 4 rings (SSSR count). The van der Waals surface area contributed by atoms with E-state index in [0.717, 1.165) is 44.1 Å². The zero-order valence-corrected chi connectivity index (χ0v) is 34.8. The Morgan fingerprint density at radius 3 is 2.07 bits per heavy atom. The van der Waals surface area contributed by atoms with Crippen LogP contribution in [0.5, 0.6) is 0 Å². The second kappa shape index (κ2) is 21.2. The molecule has 0 bridgehead atoms. The number of amides is 3. The number of hydrogen-bond donors (Lipinski definition) is 3. The van der Waals surface area contributed by atoms with Crippen molar-refractivity contribution in [1.29, 1.82) is 0 Å². The monoisotopic (exact) mass is 856 g/mol. The molecule has 1 aliphatic rings. The summed E-state index contributed by atoms with van der Waals surface area (Å²) in [4.78, 5) is 93.6. The van der Waals surface area contributed by atoms with Crippen LogP contribution in [-0.2, 0) is 70.0 Å². The highest BCUT2D eigenvalue weighted by Crippen LogP contribution is 2.31. The maximum Gasteiger partial charge on any atom is 0.413 e. The Bertz CT molecular complexity index is 1990. The van der Waals surface area contributed by atoms with Crippen LogP contribution >= 0.6 is 11.3 Å². The van der Waals surface area contributed by atoms with Crippen LogP contribution in [-0.4, -0.2) is 113 Å². The molecule has 0 spiro atoms. The molecule has 3 aromatic rings. The number of anilines is 2. The van der Waals surface area contributed by atoms with Crippen molar-refractivity contribution in [2.75, 3.05) is 30.8 Å². The predicted molar refractivity (Wildman–Crippen MR) is 211 cm³/mol. The Hall–Kier alpha value is -6.12. The molecule has 2 heterocycles. The second-order valence-corrected chi connectivity index (χ2v) is 15.2. The number of ether oxygens (including phenoxy) is 7. The summed E-state index contributed by atoms with van der Waals surface area (Å²) in [5.41, 5.74) is 1.43. The SMILES string of the molecule is COC(=O)[C@@H]1O[C@H](OC(=O)N(CCc2ccc(NC(=O)Cc3csc(NC(=O)OC(C)(C)C)n3)cc2)C[C@@H](O)c2ccccc2)[C@@H](OC(C)=O)[C@H](OC(C)=O)[C@H]1OC(C)=O. The lowest BCUT2D eigenvalue weighted by Gasteiger charge is -2.43. The van der Waals surface area contributed by atoms with Gasteiger partial charge in [-0.3, -0.25) is 24.5 Å². The van der Waals surface area contributed by atoms with Gasteiger partial charge in [-0.15, -0.1) is 11.3 Å². The molecular formula is C40H48N4O15S. The average molecular weight is 857 g/mol. The maximum absolute atomic E-state index is 14.0. The zero-order chi connectivity index (χ0) is 44.1. The van der Waals surface area contributed by atoms with E-state index in [1.165, 1.54) is 0 Å². The van der Waals surface area contributed by atoms with Crippen molar-refractivity contribution < 1.29 is 71.8 Å². The first-order valence-corrected chi connectivity index (χ1v) is 19.5. The minimum absolute atomic E-state index is 0.0489. The molecule has 0 aliphatic carbocycles. The van der Waals surface area contributed by atoms with Gasteiger partial charge in [0, 0.05) is 38.4 Å². The summed E-state index contributed by atoms with van der Waals surface area (Å²) in [7, 11) is 1.02. The smallest absolute Gasteiger partial charge is 0.413 e. The lowest BCUT2D eigenvalue weighted by molar-refractivity contribution is -0.289. The fourth-order valence-electron chi connectivity index (χ4n) is 5.82.